The Balaban J connectivity index is 1.52. The number of terminal acetylenes is 1. The number of likely N-dealkylation sites (tertiary alicyclic amines) is 1. The molecule has 8 heteroatoms. The smallest absolute Gasteiger partial charge is 0.233 e. The number of aliphatic hydroxyl groups is 2. The second kappa shape index (κ2) is 9.04. The minimum atomic E-state index is -1.07. The molecule has 4 aliphatic rings. The molecule has 2 saturated heterocycles. The summed E-state index contributed by atoms with van der Waals surface area (Å²) < 4.78 is 5.62. The van der Waals surface area contributed by atoms with E-state index in [2.05, 4.69) is 11.1 Å². The maximum atomic E-state index is 13.3. The van der Waals surface area contributed by atoms with E-state index < -0.39 is 30.0 Å². The normalized spacial score (nSPS) is 39.7. The predicted molar refractivity (Wildman–Crippen MR) is 107 cm³/mol. The zero-order valence-corrected chi connectivity index (χ0v) is 17.1. The number of rotatable bonds is 6. The SMILES string of the molecule is C#CCCCO/N=C1\C[C@@H](O)[C@@H](O)[C@@H]2[C@@H]3C(=O)N(C[C@@H]4CCCO4)C(=O)[C@@H]3CC[C@H]12. The average molecular weight is 418 g/mol. The Hall–Kier alpha value is -1.95. The quantitative estimate of drug-likeness (QED) is 0.285. The van der Waals surface area contributed by atoms with E-state index in [1.54, 1.807) is 0 Å². The first kappa shape index (κ1) is 21.3. The fourth-order valence-electron chi connectivity index (χ4n) is 5.58. The van der Waals surface area contributed by atoms with Gasteiger partial charge < -0.3 is 19.8 Å². The van der Waals surface area contributed by atoms with Crippen LogP contribution in [0.4, 0.5) is 0 Å². The molecule has 7 atom stereocenters. The molecule has 4 rings (SSSR count). The van der Waals surface area contributed by atoms with Crippen LogP contribution in [0.1, 0.15) is 44.9 Å². The van der Waals surface area contributed by atoms with Gasteiger partial charge in [0, 0.05) is 31.3 Å². The van der Waals surface area contributed by atoms with Gasteiger partial charge in [-0.15, -0.1) is 12.3 Å². The Morgan fingerprint density at radius 2 is 2.00 bits per heavy atom. The number of imide groups is 1. The highest BCUT2D eigenvalue weighted by Crippen LogP contribution is 2.49. The van der Waals surface area contributed by atoms with Gasteiger partial charge in [0.25, 0.3) is 0 Å². The van der Waals surface area contributed by atoms with Crippen molar-refractivity contribution in [1.82, 2.24) is 4.90 Å². The van der Waals surface area contributed by atoms with Crippen LogP contribution in [0.3, 0.4) is 0 Å². The number of hydrogen-bond donors (Lipinski definition) is 2. The summed E-state index contributed by atoms with van der Waals surface area (Å²) in [4.78, 5) is 33.0. The lowest BCUT2D eigenvalue weighted by molar-refractivity contribution is -0.143. The van der Waals surface area contributed by atoms with Gasteiger partial charge in [0.2, 0.25) is 11.8 Å². The number of nitrogens with zero attached hydrogens (tertiary/aromatic N) is 2. The Kier molecular flexibility index (Phi) is 6.42. The van der Waals surface area contributed by atoms with Crippen LogP contribution < -0.4 is 0 Å². The Bertz CT molecular complexity index is 740. The molecule has 0 aromatic heterocycles. The van der Waals surface area contributed by atoms with Crippen LogP contribution in [0.2, 0.25) is 0 Å². The van der Waals surface area contributed by atoms with Crippen molar-refractivity contribution in [1.29, 1.82) is 0 Å². The van der Waals surface area contributed by atoms with Crippen molar-refractivity contribution in [2.75, 3.05) is 19.8 Å². The van der Waals surface area contributed by atoms with Gasteiger partial charge in [0.05, 0.1) is 42.4 Å². The van der Waals surface area contributed by atoms with E-state index in [1.165, 1.54) is 4.90 Å². The molecule has 0 aromatic carbocycles. The second-order valence-electron chi connectivity index (χ2n) is 8.80. The number of aliphatic hydroxyl groups excluding tert-OH is 2. The average Bonchev–Trinajstić information content (AvgIpc) is 3.34. The van der Waals surface area contributed by atoms with Gasteiger partial charge in [0.15, 0.2) is 0 Å². The number of amides is 2. The standard InChI is InChI=1S/C22H30N2O6/c1-2-3-4-10-30-23-16-11-17(25)20(26)18-14(16)7-8-15-19(18)22(28)24(21(15)27)12-13-6-5-9-29-13/h1,13-15,17-20,25-26H,3-12H2/b23-16+/t13-,14+,15+,17+,18-,19+,20+/m0/s1. The number of oxime groups is 1. The largest absolute Gasteiger partial charge is 0.396 e. The third kappa shape index (κ3) is 3.86. The van der Waals surface area contributed by atoms with Crippen LogP contribution in [-0.4, -0.2) is 70.7 Å². The van der Waals surface area contributed by atoms with Gasteiger partial charge in [-0.25, -0.2) is 0 Å². The van der Waals surface area contributed by atoms with Crippen LogP contribution >= 0.6 is 0 Å². The van der Waals surface area contributed by atoms with Crippen LogP contribution in [-0.2, 0) is 19.2 Å². The summed E-state index contributed by atoms with van der Waals surface area (Å²) in [7, 11) is 0. The van der Waals surface area contributed by atoms with E-state index in [4.69, 9.17) is 16.0 Å². The summed E-state index contributed by atoms with van der Waals surface area (Å²) in [6.45, 7) is 1.31. The first-order valence-electron chi connectivity index (χ1n) is 11.0. The van der Waals surface area contributed by atoms with Crippen LogP contribution in [0, 0.1) is 36.0 Å². The van der Waals surface area contributed by atoms with Crippen molar-refractivity contribution in [2.45, 2.75) is 63.3 Å². The molecule has 2 heterocycles. The molecule has 2 N–H and O–H groups in total. The number of fused-ring (bicyclic) bond motifs is 3. The number of hydrogen-bond acceptors (Lipinski definition) is 7. The van der Waals surface area contributed by atoms with Gasteiger partial charge in [-0.1, -0.05) is 5.16 Å². The van der Waals surface area contributed by atoms with Crippen molar-refractivity contribution in [3.63, 3.8) is 0 Å². The van der Waals surface area contributed by atoms with Crippen molar-refractivity contribution < 1.29 is 29.4 Å². The van der Waals surface area contributed by atoms with Crippen LogP contribution in [0.5, 0.6) is 0 Å². The number of carbonyl (C=O) groups is 2. The zero-order chi connectivity index (χ0) is 21.3. The highest BCUT2D eigenvalue weighted by Gasteiger charge is 2.59. The molecule has 164 valence electrons. The van der Waals surface area contributed by atoms with Gasteiger partial charge in [-0.05, 0) is 32.1 Å². The van der Waals surface area contributed by atoms with Gasteiger partial charge in [0.1, 0.15) is 6.61 Å². The molecular formula is C22H30N2O6. The highest BCUT2D eigenvalue weighted by molar-refractivity contribution is 6.06. The van der Waals surface area contributed by atoms with E-state index >= 15 is 0 Å². The second-order valence-corrected chi connectivity index (χ2v) is 8.80. The monoisotopic (exact) mass is 418 g/mol. The Labute approximate surface area is 176 Å². The first-order valence-corrected chi connectivity index (χ1v) is 11.0. The molecule has 0 radical (unpaired) electrons. The number of carbonyl (C=O) groups excluding carboxylic acids is 2. The topological polar surface area (TPSA) is 109 Å². The molecule has 0 unspecified atom stereocenters. The summed E-state index contributed by atoms with van der Waals surface area (Å²) in [5.74, 6) is 0.325. The van der Waals surface area contributed by atoms with Crippen LogP contribution in [0.15, 0.2) is 5.16 Å². The molecule has 8 nitrogen and oxygen atoms in total. The lowest BCUT2D eigenvalue weighted by Crippen LogP contribution is -2.54. The van der Waals surface area contributed by atoms with Crippen molar-refractivity contribution in [3.8, 4) is 12.3 Å². The van der Waals surface area contributed by atoms with Crippen LogP contribution in [0.25, 0.3) is 0 Å². The Morgan fingerprint density at radius 1 is 1.20 bits per heavy atom. The molecule has 2 aliphatic carbocycles. The number of unbranched alkanes of at least 4 members (excludes halogenated alkanes) is 1. The van der Waals surface area contributed by atoms with E-state index in [0.717, 1.165) is 12.8 Å². The molecular weight excluding hydrogens is 388 g/mol. The minimum absolute atomic E-state index is 0.107. The highest BCUT2D eigenvalue weighted by atomic mass is 16.6. The molecule has 4 fully saturated rings. The zero-order valence-electron chi connectivity index (χ0n) is 17.1. The summed E-state index contributed by atoms with van der Waals surface area (Å²) in [6.07, 6.45) is 7.49. The van der Waals surface area contributed by atoms with Crippen molar-refractivity contribution in [3.05, 3.63) is 0 Å². The molecule has 0 aromatic rings. The maximum absolute atomic E-state index is 13.3. The van der Waals surface area contributed by atoms with Crippen molar-refractivity contribution >= 4 is 17.5 Å². The molecule has 30 heavy (non-hydrogen) atoms. The predicted octanol–water partition coefficient (Wildman–Crippen LogP) is 0.704. The molecule has 2 saturated carbocycles. The minimum Gasteiger partial charge on any atom is -0.396 e. The fraction of sp³-hybridized carbons (Fsp3) is 0.773. The van der Waals surface area contributed by atoms with Gasteiger partial charge in [-0.3, -0.25) is 14.5 Å². The van der Waals surface area contributed by atoms with E-state index in [0.29, 0.717) is 44.6 Å². The summed E-state index contributed by atoms with van der Waals surface area (Å²) in [5, 5.41) is 25.5. The lowest BCUT2D eigenvalue weighted by atomic mass is 9.60. The third-order valence-electron chi connectivity index (χ3n) is 7.02. The maximum Gasteiger partial charge on any atom is 0.233 e. The third-order valence-corrected chi connectivity index (χ3v) is 7.02. The molecule has 2 aliphatic heterocycles. The Morgan fingerprint density at radius 3 is 2.73 bits per heavy atom. The van der Waals surface area contributed by atoms with E-state index in [1.807, 2.05) is 0 Å². The van der Waals surface area contributed by atoms with Gasteiger partial charge >= 0.3 is 0 Å². The van der Waals surface area contributed by atoms with E-state index in [9.17, 15) is 19.8 Å². The summed E-state index contributed by atoms with van der Waals surface area (Å²) >= 11 is 0. The van der Waals surface area contributed by atoms with Crippen molar-refractivity contribution in [2.24, 2.45) is 28.8 Å². The summed E-state index contributed by atoms with van der Waals surface area (Å²) in [5.41, 5.74) is 0.662. The first-order chi connectivity index (χ1) is 14.5. The molecule has 0 bridgehead atoms. The lowest BCUT2D eigenvalue weighted by Gasteiger charge is -2.45. The van der Waals surface area contributed by atoms with E-state index in [-0.39, 0.29) is 36.8 Å². The fourth-order valence-corrected chi connectivity index (χ4v) is 5.58. The summed E-state index contributed by atoms with van der Waals surface area (Å²) in [6, 6.07) is 0. The molecule has 2 amide bonds. The molecule has 0 spiro atoms. The van der Waals surface area contributed by atoms with Gasteiger partial charge in [-0.2, -0.15) is 0 Å². The number of ether oxygens (including phenoxy) is 1.